The smallest absolute Gasteiger partial charge is 0.0795 e. The summed E-state index contributed by atoms with van der Waals surface area (Å²) in [6, 6.07) is 11.1. The average Bonchev–Trinajstić information content (AvgIpc) is 3.00. The van der Waals surface area contributed by atoms with E-state index in [-0.39, 0.29) is 5.60 Å². The standard InChI is InChI=1S/C18H22N2OS/c1-3-14-5-2-8-19-17(14)15(4-1)12-20-16-6-9-21-18(11-16)7-10-22-13-18/h1-5,8,16,20H,6-7,9-13H2/t16-,18+/m0/s1. The van der Waals surface area contributed by atoms with Gasteiger partial charge in [0.05, 0.1) is 11.1 Å². The fourth-order valence-corrected chi connectivity index (χ4v) is 5.01. The van der Waals surface area contributed by atoms with Crippen molar-refractivity contribution in [1.29, 1.82) is 0 Å². The largest absolute Gasteiger partial charge is 0.374 e. The maximum atomic E-state index is 6.11. The number of nitrogens with one attached hydrogen (secondary N) is 1. The van der Waals surface area contributed by atoms with Gasteiger partial charge in [-0.15, -0.1) is 0 Å². The highest BCUT2D eigenvalue weighted by molar-refractivity contribution is 7.99. The van der Waals surface area contributed by atoms with Crippen molar-refractivity contribution in [1.82, 2.24) is 10.3 Å². The molecular formula is C18H22N2OS. The second-order valence-corrected chi connectivity index (χ2v) is 7.50. The van der Waals surface area contributed by atoms with Crippen molar-refractivity contribution in [3.05, 3.63) is 42.1 Å². The van der Waals surface area contributed by atoms with Gasteiger partial charge >= 0.3 is 0 Å². The summed E-state index contributed by atoms with van der Waals surface area (Å²) in [5, 5.41) is 4.97. The van der Waals surface area contributed by atoms with E-state index in [1.807, 2.05) is 24.0 Å². The zero-order valence-corrected chi connectivity index (χ0v) is 13.6. The van der Waals surface area contributed by atoms with Crippen LogP contribution in [0.15, 0.2) is 36.5 Å². The predicted octanol–water partition coefficient (Wildman–Crippen LogP) is 3.38. The highest BCUT2D eigenvalue weighted by Gasteiger charge is 2.40. The van der Waals surface area contributed by atoms with E-state index in [0.717, 1.165) is 31.5 Å². The van der Waals surface area contributed by atoms with Gasteiger partial charge in [-0.3, -0.25) is 4.98 Å². The van der Waals surface area contributed by atoms with Crippen molar-refractivity contribution >= 4 is 22.7 Å². The Kier molecular flexibility index (Phi) is 4.07. The SMILES string of the molecule is c1cnc2c(CN[C@H]3CCO[C@]4(CCSC4)C3)cccc2c1. The van der Waals surface area contributed by atoms with Crippen molar-refractivity contribution in [2.45, 2.75) is 37.5 Å². The monoisotopic (exact) mass is 314 g/mol. The normalized spacial score (nSPS) is 28.5. The molecule has 0 amide bonds. The van der Waals surface area contributed by atoms with Crippen molar-refractivity contribution < 1.29 is 4.74 Å². The van der Waals surface area contributed by atoms with Crippen molar-refractivity contribution in [3.63, 3.8) is 0 Å². The minimum atomic E-state index is 0.150. The summed E-state index contributed by atoms with van der Waals surface area (Å²) in [4.78, 5) is 4.55. The zero-order valence-electron chi connectivity index (χ0n) is 12.8. The number of aromatic nitrogens is 1. The quantitative estimate of drug-likeness (QED) is 0.942. The molecule has 2 aromatic rings. The van der Waals surface area contributed by atoms with Gasteiger partial charge < -0.3 is 10.1 Å². The topological polar surface area (TPSA) is 34.2 Å². The van der Waals surface area contributed by atoms with E-state index in [1.165, 1.54) is 28.9 Å². The fraction of sp³-hybridized carbons (Fsp3) is 0.500. The number of thioether (sulfide) groups is 1. The lowest BCUT2D eigenvalue weighted by Crippen LogP contribution is -2.47. The van der Waals surface area contributed by atoms with Crippen LogP contribution in [0.4, 0.5) is 0 Å². The maximum absolute atomic E-state index is 6.11. The van der Waals surface area contributed by atoms with Crippen LogP contribution >= 0.6 is 11.8 Å². The Balaban J connectivity index is 1.45. The molecule has 1 spiro atoms. The number of pyridine rings is 1. The number of fused-ring (bicyclic) bond motifs is 1. The Hall–Kier alpha value is -1.10. The molecule has 0 aliphatic carbocycles. The van der Waals surface area contributed by atoms with Gasteiger partial charge in [0.2, 0.25) is 0 Å². The number of nitrogens with zero attached hydrogens (tertiary/aromatic N) is 1. The molecule has 2 fully saturated rings. The summed E-state index contributed by atoms with van der Waals surface area (Å²) >= 11 is 2.04. The highest BCUT2D eigenvalue weighted by atomic mass is 32.2. The lowest BCUT2D eigenvalue weighted by molar-refractivity contribution is -0.0702. The van der Waals surface area contributed by atoms with Gasteiger partial charge in [0.25, 0.3) is 0 Å². The van der Waals surface area contributed by atoms with Crippen molar-refractivity contribution in [2.75, 3.05) is 18.1 Å². The molecule has 3 nitrogen and oxygen atoms in total. The molecule has 4 rings (SSSR count). The molecule has 4 heteroatoms. The van der Waals surface area contributed by atoms with Crippen LogP contribution in [0.2, 0.25) is 0 Å². The second kappa shape index (κ2) is 6.19. The van der Waals surface area contributed by atoms with Gasteiger partial charge in [-0.05, 0) is 36.6 Å². The first-order valence-electron chi connectivity index (χ1n) is 8.12. The van der Waals surface area contributed by atoms with Crippen LogP contribution in [0.3, 0.4) is 0 Å². The Morgan fingerprint density at radius 3 is 3.18 bits per heavy atom. The third kappa shape index (κ3) is 2.87. The number of rotatable bonds is 3. The first-order chi connectivity index (χ1) is 10.8. The number of ether oxygens (including phenoxy) is 1. The van der Waals surface area contributed by atoms with Crippen LogP contribution in [-0.2, 0) is 11.3 Å². The van der Waals surface area contributed by atoms with Crippen LogP contribution in [-0.4, -0.2) is 34.7 Å². The fourth-order valence-electron chi connectivity index (χ4n) is 3.63. The van der Waals surface area contributed by atoms with E-state index in [4.69, 9.17) is 4.74 Å². The van der Waals surface area contributed by atoms with Crippen molar-refractivity contribution in [2.24, 2.45) is 0 Å². The summed E-state index contributed by atoms with van der Waals surface area (Å²) in [6.07, 6.45) is 5.36. The van der Waals surface area contributed by atoms with Crippen LogP contribution in [0, 0.1) is 0 Å². The summed E-state index contributed by atoms with van der Waals surface area (Å²) in [7, 11) is 0. The molecule has 0 saturated carbocycles. The van der Waals surface area contributed by atoms with Gasteiger partial charge in [-0.2, -0.15) is 11.8 Å². The molecule has 1 aromatic carbocycles. The molecule has 2 saturated heterocycles. The molecule has 2 atom stereocenters. The molecule has 0 unspecified atom stereocenters. The lowest BCUT2D eigenvalue weighted by atomic mass is 9.90. The number of hydrogen-bond acceptors (Lipinski definition) is 4. The molecule has 116 valence electrons. The molecule has 22 heavy (non-hydrogen) atoms. The van der Waals surface area contributed by atoms with Crippen LogP contribution in [0.1, 0.15) is 24.8 Å². The minimum absolute atomic E-state index is 0.150. The second-order valence-electron chi connectivity index (χ2n) is 6.40. The molecule has 1 N–H and O–H groups in total. The van der Waals surface area contributed by atoms with Gasteiger partial charge in [-0.25, -0.2) is 0 Å². The van der Waals surface area contributed by atoms with Crippen molar-refractivity contribution in [3.8, 4) is 0 Å². The Bertz CT molecular complexity index is 649. The number of benzene rings is 1. The molecule has 1 aromatic heterocycles. The molecule has 2 aliphatic rings. The molecule has 3 heterocycles. The third-order valence-corrected chi connectivity index (χ3v) is 6.08. The first-order valence-corrected chi connectivity index (χ1v) is 9.28. The summed E-state index contributed by atoms with van der Waals surface area (Å²) in [5.74, 6) is 2.42. The molecule has 0 bridgehead atoms. The Morgan fingerprint density at radius 1 is 1.32 bits per heavy atom. The van der Waals surface area contributed by atoms with Gasteiger partial charge in [0.15, 0.2) is 0 Å². The summed E-state index contributed by atoms with van der Waals surface area (Å²) in [5.41, 5.74) is 2.56. The van der Waals surface area contributed by atoms with E-state index < -0.39 is 0 Å². The van der Waals surface area contributed by atoms with Gasteiger partial charge in [0.1, 0.15) is 0 Å². The van der Waals surface area contributed by atoms with E-state index in [0.29, 0.717) is 6.04 Å². The van der Waals surface area contributed by atoms with E-state index in [1.54, 1.807) is 0 Å². The van der Waals surface area contributed by atoms with Gasteiger partial charge in [-0.1, -0.05) is 24.3 Å². The van der Waals surface area contributed by atoms with Crippen LogP contribution in [0.25, 0.3) is 10.9 Å². The highest BCUT2D eigenvalue weighted by Crippen LogP contribution is 2.38. The average molecular weight is 314 g/mol. The Labute approximate surface area is 135 Å². The van der Waals surface area contributed by atoms with E-state index >= 15 is 0 Å². The third-order valence-electron chi connectivity index (χ3n) is 4.86. The van der Waals surface area contributed by atoms with E-state index in [9.17, 15) is 0 Å². The Morgan fingerprint density at radius 2 is 2.27 bits per heavy atom. The molecule has 0 radical (unpaired) electrons. The summed E-state index contributed by atoms with van der Waals surface area (Å²) in [6.45, 7) is 1.79. The van der Waals surface area contributed by atoms with E-state index in [2.05, 4.69) is 34.6 Å². The summed E-state index contributed by atoms with van der Waals surface area (Å²) < 4.78 is 6.11. The molecular weight excluding hydrogens is 292 g/mol. The minimum Gasteiger partial charge on any atom is -0.374 e. The van der Waals surface area contributed by atoms with Crippen LogP contribution < -0.4 is 5.32 Å². The van der Waals surface area contributed by atoms with Crippen LogP contribution in [0.5, 0.6) is 0 Å². The zero-order chi connectivity index (χ0) is 14.8. The maximum Gasteiger partial charge on any atom is 0.0795 e. The molecule has 2 aliphatic heterocycles. The first kappa shape index (κ1) is 14.5. The van der Waals surface area contributed by atoms with Gasteiger partial charge in [0, 0.05) is 36.5 Å². The lowest BCUT2D eigenvalue weighted by Gasteiger charge is -2.38. The number of para-hydroxylation sites is 1. The number of hydrogen-bond donors (Lipinski definition) is 1. The predicted molar refractivity (Wildman–Crippen MR) is 92.2 cm³/mol.